The minimum Gasteiger partial charge on any atom is -0.452 e. The van der Waals surface area contributed by atoms with E-state index in [0.717, 1.165) is 23.0 Å². The normalized spacial score (nSPS) is 11.6. The summed E-state index contributed by atoms with van der Waals surface area (Å²) >= 11 is 7.32. The smallest absolute Gasteiger partial charge is 0.317 e. The monoisotopic (exact) mass is 472 g/mol. The van der Waals surface area contributed by atoms with Crippen LogP contribution in [0.4, 0.5) is 5.69 Å². The molecule has 1 amide bonds. The van der Waals surface area contributed by atoms with E-state index in [1.807, 2.05) is 19.1 Å². The van der Waals surface area contributed by atoms with Crippen LogP contribution in [0.1, 0.15) is 29.8 Å². The predicted octanol–water partition coefficient (Wildman–Crippen LogP) is 4.09. The lowest BCUT2D eigenvalue weighted by Crippen LogP contribution is -2.30. The number of thioether (sulfide) groups is 1. The zero-order valence-corrected chi connectivity index (χ0v) is 19.2. The number of benzene rings is 2. The zero-order valence-electron chi connectivity index (χ0n) is 17.7. The Labute approximate surface area is 194 Å². The van der Waals surface area contributed by atoms with Gasteiger partial charge in [-0.3, -0.25) is 19.0 Å². The largest absolute Gasteiger partial charge is 0.452 e. The summed E-state index contributed by atoms with van der Waals surface area (Å²) in [7, 11) is 0. The SMILES string of the molecule is CC(=O)c1cccc(NC(=O)C(C)OC(=O)CSc2nncn2-c2ccc(C)c(Cl)c2)c1. The van der Waals surface area contributed by atoms with Gasteiger partial charge >= 0.3 is 5.97 Å². The van der Waals surface area contributed by atoms with Crippen LogP contribution in [0.5, 0.6) is 0 Å². The van der Waals surface area contributed by atoms with Crippen LogP contribution in [-0.4, -0.2) is 44.3 Å². The van der Waals surface area contributed by atoms with Crippen LogP contribution in [0.25, 0.3) is 5.69 Å². The first-order valence-electron chi connectivity index (χ1n) is 9.65. The Hall–Kier alpha value is -3.17. The molecular weight excluding hydrogens is 452 g/mol. The summed E-state index contributed by atoms with van der Waals surface area (Å²) in [5.41, 5.74) is 2.64. The van der Waals surface area contributed by atoms with Gasteiger partial charge < -0.3 is 10.1 Å². The number of carbonyl (C=O) groups excluding carboxylic acids is 3. The maximum Gasteiger partial charge on any atom is 0.317 e. The molecule has 1 heterocycles. The Morgan fingerprint density at radius 3 is 2.72 bits per heavy atom. The second-order valence-electron chi connectivity index (χ2n) is 6.96. The predicted molar refractivity (Wildman–Crippen MR) is 122 cm³/mol. The molecule has 0 fully saturated rings. The standard InChI is InChI=1S/C22H21ClN4O4S/c1-13-7-8-18(10-19(13)23)27-12-24-26-22(27)32-11-20(29)31-15(3)21(30)25-17-6-4-5-16(9-17)14(2)28/h4-10,12,15H,11H2,1-3H3,(H,25,30). The van der Waals surface area contributed by atoms with Gasteiger partial charge in [0, 0.05) is 16.3 Å². The molecule has 0 spiro atoms. The number of esters is 1. The molecule has 8 nitrogen and oxygen atoms in total. The fraction of sp³-hybridized carbons (Fsp3) is 0.227. The number of carbonyl (C=O) groups is 3. The van der Waals surface area contributed by atoms with Gasteiger partial charge in [0.1, 0.15) is 6.33 Å². The lowest BCUT2D eigenvalue weighted by atomic mass is 10.1. The Morgan fingerprint density at radius 2 is 2.00 bits per heavy atom. The number of nitrogens with zero attached hydrogens (tertiary/aromatic N) is 3. The highest BCUT2D eigenvalue weighted by atomic mass is 35.5. The number of Topliss-reactive ketones (excluding diaryl/α,β-unsaturated/α-hetero) is 1. The van der Waals surface area contributed by atoms with E-state index >= 15 is 0 Å². The summed E-state index contributed by atoms with van der Waals surface area (Å²) in [5, 5.41) is 11.7. The number of aromatic nitrogens is 3. The Morgan fingerprint density at radius 1 is 1.22 bits per heavy atom. The second kappa shape index (κ2) is 10.4. The third-order valence-electron chi connectivity index (χ3n) is 4.48. The van der Waals surface area contributed by atoms with E-state index < -0.39 is 18.0 Å². The first-order chi connectivity index (χ1) is 15.2. The van der Waals surface area contributed by atoms with Crippen molar-refractivity contribution in [3.05, 3.63) is 64.9 Å². The van der Waals surface area contributed by atoms with Crippen molar-refractivity contribution in [2.75, 3.05) is 11.1 Å². The summed E-state index contributed by atoms with van der Waals surface area (Å²) in [4.78, 5) is 36.1. The molecular formula is C22H21ClN4O4S. The van der Waals surface area contributed by atoms with E-state index in [-0.39, 0.29) is 11.5 Å². The summed E-state index contributed by atoms with van der Waals surface area (Å²) in [6, 6.07) is 12.1. The number of aryl methyl sites for hydroxylation is 1. The molecule has 0 bridgehead atoms. The number of ketones is 1. The minimum absolute atomic E-state index is 0.0598. The Bertz CT molecular complexity index is 1160. The molecule has 0 radical (unpaired) electrons. The summed E-state index contributed by atoms with van der Waals surface area (Å²) in [6.07, 6.45) is 0.512. The first kappa shape index (κ1) is 23.5. The van der Waals surface area contributed by atoms with Crippen molar-refractivity contribution >= 4 is 46.7 Å². The van der Waals surface area contributed by atoms with Crippen LogP contribution >= 0.6 is 23.4 Å². The van der Waals surface area contributed by atoms with E-state index in [9.17, 15) is 14.4 Å². The van der Waals surface area contributed by atoms with Gasteiger partial charge in [0.2, 0.25) is 0 Å². The van der Waals surface area contributed by atoms with Gasteiger partial charge in [-0.1, -0.05) is 41.6 Å². The van der Waals surface area contributed by atoms with Crippen molar-refractivity contribution < 1.29 is 19.1 Å². The number of nitrogens with one attached hydrogen (secondary N) is 1. The highest BCUT2D eigenvalue weighted by molar-refractivity contribution is 7.99. The number of ether oxygens (including phenoxy) is 1. The fourth-order valence-electron chi connectivity index (χ4n) is 2.70. The molecule has 2 aromatic carbocycles. The Balaban J connectivity index is 1.55. The molecule has 0 aliphatic rings. The van der Waals surface area contributed by atoms with Crippen LogP contribution in [0.2, 0.25) is 5.02 Å². The van der Waals surface area contributed by atoms with Crippen LogP contribution in [-0.2, 0) is 14.3 Å². The highest BCUT2D eigenvalue weighted by Gasteiger charge is 2.19. The van der Waals surface area contributed by atoms with E-state index in [4.69, 9.17) is 16.3 Å². The molecule has 1 unspecified atom stereocenters. The van der Waals surface area contributed by atoms with E-state index in [1.54, 1.807) is 34.9 Å². The average molecular weight is 473 g/mol. The van der Waals surface area contributed by atoms with Gasteiger partial charge in [0.25, 0.3) is 5.91 Å². The average Bonchev–Trinajstić information content (AvgIpc) is 3.23. The molecule has 0 aliphatic carbocycles. The number of hydrogen-bond donors (Lipinski definition) is 1. The first-order valence-corrected chi connectivity index (χ1v) is 11.0. The molecule has 0 aliphatic heterocycles. The molecule has 32 heavy (non-hydrogen) atoms. The highest BCUT2D eigenvalue weighted by Crippen LogP contribution is 2.24. The maximum atomic E-state index is 12.3. The van der Waals surface area contributed by atoms with Gasteiger partial charge in [-0.05, 0) is 50.6 Å². The van der Waals surface area contributed by atoms with Gasteiger partial charge in [-0.15, -0.1) is 10.2 Å². The number of hydrogen-bond acceptors (Lipinski definition) is 7. The summed E-state index contributed by atoms with van der Waals surface area (Å²) < 4.78 is 6.93. The second-order valence-corrected chi connectivity index (χ2v) is 8.31. The summed E-state index contributed by atoms with van der Waals surface area (Å²) in [5.74, 6) is -1.25. The molecule has 3 aromatic rings. The number of anilines is 1. The van der Waals surface area contributed by atoms with Gasteiger partial charge in [0.05, 0.1) is 11.4 Å². The molecule has 0 saturated carbocycles. The number of rotatable bonds is 8. The molecule has 10 heteroatoms. The summed E-state index contributed by atoms with van der Waals surface area (Å²) in [6.45, 7) is 4.82. The van der Waals surface area contributed by atoms with Crippen molar-refractivity contribution in [3.8, 4) is 5.69 Å². The molecule has 1 atom stereocenters. The molecule has 1 N–H and O–H groups in total. The van der Waals surface area contributed by atoms with Crippen LogP contribution < -0.4 is 5.32 Å². The fourth-order valence-corrected chi connectivity index (χ4v) is 3.59. The van der Waals surface area contributed by atoms with Crippen LogP contribution in [0, 0.1) is 6.92 Å². The number of halogens is 1. The lowest BCUT2D eigenvalue weighted by molar-refractivity contribution is -0.150. The maximum absolute atomic E-state index is 12.3. The Kier molecular flexibility index (Phi) is 7.66. The van der Waals surface area contributed by atoms with Crippen molar-refractivity contribution in [1.29, 1.82) is 0 Å². The van der Waals surface area contributed by atoms with Crippen molar-refractivity contribution in [2.24, 2.45) is 0 Å². The van der Waals surface area contributed by atoms with Crippen LogP contribution in [0.15, 0.2) is 53.9 Å². The van der Waals surface area contributed by atoms with Crippen molar-refractivity contribution in [3.63, 3.8) is 0 Å². The molecule has 1 aromatic heterocycles. The number of amides is 1. The van der Waals surface area contributed by atoms with Gasteiger partial charge in [0.15, 0.2) is 17.0 Å². The van der Waals surface area contributed by atoms with Crippen LogP contribution in [0.3, 0.4) is 0 Å². The molecule has 166 valence electrons. The zero-order chi connectivity index (χ0) is 23.3. The third kappa shape index (κ3) is 5.95. The lowest BCUT2D eigenvalue weighted by Gasteiger charge is -2.14. The quantitative estimate of drug-likeness (QED) is 0.299. The molecule has 3 rings (SSSR count). The van der Waals surface area contributed by atoms with E-state index in [0.29, 0.717) is 21.4 Å². The molecule has 0 saturated heterocycles. The van der Waals surface area contributed by atoms with Crippen molar-refractivity contribution in [1.82, 2.24) is 14.8 Å². The van der Waals surface area contributed by atoms with Gasteiger partial charge in [-0.25, -0.2) is 0 Å². The van der Waals surface area contributed by atoms with Gasteiger partial charge in [-0.2, -0.15) is 0 Å². The topological polar surface area (TPSA) is 103 Å². The van der Waals surface area contributed by atoms with E-state index in [1.165, 1.54) is 20.2 Å². The van der Waals surface area contributed by atoms with Crippen molar-refractivity contribution in [2.45, 2.75) is 32.0 Å². The third-order valence-corrected chi connectivity index (χ3v) is 5.81. The minimum atomic E-state index is -1.02. The van der Waals surface area contributed by atoms with E-state index in [2.05, 4.69) is 15.5 Å².